The Labute approximate surface area is 177 Å². The van der Waals surface area contributed by atoms with E-state index in [4.69, 9.17) is 4.74 Å². The van der Waals surface area contributed by atoms with Crippen molar-refractivity contribution in [3.8, 4) is 5.75 Å². The van der Waals surface area contributed by atoms with Crippen LogP contribution in [0.2, 0.25) is 0 Å². The second kappa shape index (κ2) is 10.1. The molecule has 1 amide bonds. The summed E-state index contributed by atoms with van der Waals surface area (Å²) < 4.78 is 7.63. The van der Waals surface area contributed by atoms with Crippen LogP contribution in [0, 0.1) is 0 Å². The number of hydrogen-bond donors (Lipinski definition) is 1. The fourth-order valence-corrected chi connectivity index (χ4v) is 3.60. The van der Waals surface area contributed by atoms with E-state index in [1.165, 1.54) is 0 Å². The van der Waals surface area contributed by atoms with Gasteiger partial charge < -0.3 is 14.6 Å². The Morgan fingerprint density at radius 1 is 1.10 bits per heavy atom. The summed E-state index contributed by atoms with van der Waals surface area (Å²) in [5, 5.41) is 3.50. The van der Waals surface area contributed by atoms with Crippen LogP contribution in [0.4, 0.5) is 0 Å². The molecular formula is C25H30N2O3. The summed E-state index contributed by atoms with van der Waals surface area (Å²) in [5.41, 5.74) is 1.72. The lowest BCUT2D eigenvalue weighted by Gasteiger charge is -2.17. The summed E-state index contributed by atoms with van der Waals surface area (Å²) in [6, 6.07) is 15.0. The van der Waals surface area contributed by atoms with Gasteiger partial charge in [0.2, 0.25) is 5.43 Å². The molecule has 0 aliphatic rings. The molecule has 0 spiro atoms. The van der Waals surface area contributed by atoms with Crippen molar-refractivity contribution >= 4 is 16.8 Å². The van der Waals surface area contributed by atoms with Crippen LogP contribution in [-0.4, -0.2) is 17.1 Å². The largest absolute Gasteiger partial charge is 0.494 e. The number of amides is 1. The van der Waals surface area contributed by atoms with Crippen molar-refractivity contribution in [1.29, 1.82) is 0 Å². The minimum Gasteiger partial charge on any atom is -0.494 e. The fourth-order valence-electron chi connectivity index (χ4n) is 3.60. The van der Waals surface area contributed by atoms with E-state index in [1.807, 2.05) is 54.8 Å². The van der Waals surface area contributed by atoms with E-state index in [0.29, 0.717) is 12.0 Å². The standard InChI is InChI=1S/C25H30N2O3/c1-4-6-10-15-27-17-22(25(29)26-18(3)19-11-8-7-9-12-19)24(28)21-14-13-20(30-5-2)16-23(21)27/h7-9,11-14,16-18H,4-6,10,15H2,1-3H3,(H,26,29)/t18-/m1/s1. The van der Waals surface area contributed by atoms with Crippen LogP contribution in [0.5, 0.6) is 5.75 Å². The molecule has 0 unspecified atom stereocenters. The summed E-state index contributed by atoms with van der Waals surface area (Å²) in [4.78, 5) is 26.1. The minimum atomic E-state index is -0.351. The lowest BCUT2D eigenvalue weighted by molar-refractivity contribution is 0.0938. The summed E-state index contributed by atoms with van der Waals surface area (Å²) in [5.74, 6) is 0.375. The topological polar surface area (TPSA) is 60.3 Å². The third-order valence-electron chi connectivity index (χ3n) is 5.26. The number of aryl methyl sites for hydroxylation is 1. The Kier molecular flexibility index (Phi) is 7.28. The normalized spacial score (nSPS) is 12.0. The third kappa shape index (κ3) is 4.90. The molecule has 0 aliphatic heterocycles. The van der Waals surface area contributed by atoms with Gasteiger partial charge in [-0.05, 0) is 38.0 Å². The predicted molar refractivity (Wildman–Crippen MR) is 121 cm³/mol. The van der Waals surface area contributed by atoms with Gasteiger partial charge in [0, 0.05) is 24.2 Å². The number of nitrogens with zero attached hydrogens (tertiary/aromatic N) is 1. The number of fused-ring (bicyclic) bond motifs is 1. The Hall–Kier alpha value is -3.08. The van der Waals surface area contributed by atoms with Crippen molar-refractivity contribution in [2.45, 2.75) is 52.6 Å². The predicted octanol–water partition coefficient (Wildman–Crippen LogP) is 5.08. The van der Waals surface area contributed by atoms with E-state index in [2.05, 4.69) is 12.2 Å². The molecule has 0 aliphatic carbocycles. The highest BCUT2D eigenvalue weighted by Crippen LogP contribution is 2.21. The molecule has 1 N–H and O–H groups in total. The number of hydrogen-bond acceptors (Lipinski definition) is 3. The molecule has 0 saturated heterocycles. The van der Waals surface area contributed by atoms with Gasteiger partial charge in [0.05, 0.1) is 18.2 Å². The first kappa shape index (κ1) is 21.6. The number of ether oxygens (including phenoxy) is 1. The molecule has 3 aromatic rings. The number of nitrogens with one attached hydrogen (secondary N) is 1. The van der Waals surface area contributed by atoms with Gasteiger partial charge in [-0.2, -0.15) is 0 Å². The number of pyridine rings is 1. The van der Waals surface area contributed by atoms with E-state index >= 15 is 0 Å². The molecule has 0 saturated carbocycles. The van der Waals surface area contributed by atoms with Crippen LogP contribution in [0.15, 0.2) is 59.5 Å². The van der Waals surface area contributed by atoms with Crippen LogP contribution >= 0.6 is 0 Å². The molecule has 5 nitrogen and oxygen atoms in total. The van der Waals surface area contributed by atoms with Crippen molar-refractivity contribution in [3.63, 3.8) is 0 Å². The highest BCUT2D eigenvalue weighted by Gasteiger charge is 2.18. The zero-order chi connectivity index (χ0) is 21.5. The maximum absolute atomic E-state index is 13.1. The van der Waals surface area contributed by atoms with Crippen molar-refractivity contribution in [3.05, 3.63) is 76.1 Å². The first-order valence-corrected chi connectivity index (χ1v) is 10.7. The Morgan fingerprint density at radius 3 is 2.57 bits per heavy atom. The molecular weight excluding hydrogens is 376 g/mol. The molecule has 2 aromatic carbocycles. The highest BCUT2D eigenvalue weighted by atomic mass is 16.5. The average molecular weight is 407 g/mol. The van der Waals surface area contributed by atoms with Gasteiger partial charge in [0.25, 0.3) is 5.91 Å². The molecule has 3 rings (SSSR count). The Morgan fingerprint density at radius 2 is 1.87 bits per heavy atom. The van der Waals surface area contributed by atoms with Crippen LogP contribution < -0.4 is 15.5 Å². The molecule has 158 valence electrons. The number of unbranched alkanes of at least 4 members (excludes halogenated alkanes) is 2. The summed E-state index contributed by atoms with van der Waals surface area (Å²) in [6.07, 6.45) is 4.87. The van der Waals surface area contributed by atoms with Crippen LogP contribution in [0.1, 0.15) is 62.0 Å². The number of carbonyl (C=O) groups is 1. The molecule has 1 heterocycles. The second-order valence-corrected chi connectivity index (χ2v) is 7.49. The first-order valence-electron chi connectivity index (χ1n) is 10.7. The third-order valence-corrected chi connectivity index (χ3v) is 5.26. The highest BCUT2D eigenvalue weighted by molar-refractivity contribution is 5.97. The quantitative estimate of drug-likeness (QED) is 0.504. The summed E-state index contributed by atoms with van der Waals surface area (Å²) in [6.45, 7) is 7.31. The minimum absolute atomic E-state index is 0.172. The van der Waals surface area contributed by atoms with Gasteiger partial charge in [-0.25, -0.2) is 0 Å². The van der Waals surface area contributed by atoms with E-state index in [1.54, 1.807) is 18.3 Å². The first-order chi connectivity index (χ1) is 14.5. The zero-order valence-electron chi connectivity index (χ0n) is 18.0. The second-order valence-electron chi connectivity index (χ2n) is 7.49. The molecule has 5 heteroatoms. The SMILES string of the molecule is CCCCCn1cc(C(=O)N[C@H](C)c2ccccc2)c(=O)c2ccc(OCC)cc21. The van der Waals surface area contributed by atoms with E-state index < -0.39 is 0 Å². The van der Waals surface area contributed by atoms with Crippen molar-refractivity contribution in [2.24, 2.45) is 0 Å². The maximum atomic E-state index is 13.1. The average Bonchev–Trinajstić information content (AvgIpc) is 2.76. The van der Waals surface area contributed by atoms with Gasteiger partial charge in [0.1, 0.15) is 11.3 Å². The lowest BCUT2D eigenvalue weighted by atomic mass is 10.1. The molecule has 1 aromatic heterocycles. The van der Waals surface area contributed by atoms with Gasteiger partial charge in [0.15, 0.2) is 0 Å². The van der Waals surface area contributed by atoms with Crippen molar-refractivity contribution in [2.75, 3.05) is 6.61 Å². The zero-order valence-corrected chi connectivity index (χ0v) is 18.0. The van der Waals surface area contributed by atoms with Gasteiger partial charge in [-0.3, -0.25) is 9.59 Å². The smallest absolute Gasteiger partial charge is 0.257 e. The van der Waals surface area contributed by atoms with Crippen LogP contribution in [0.25, 0.3) is 10.9 Å². The summed E-state index contributed by atoms with van der Waals surface area (Å²) in [7, 11) is 0. The fraction of sp³-hybridized carbons (Fsp3) is 0.360. The molecule has 0 bridgehead atoms. The number of benzene rings is 2. The molecule has 1 atom stereocenters. The van der Waals surface area contributed by atoms with Crippen molar-refractivity contribution < 1.29 is 9.53 Å². The van der Waals surface area contributed by atoms with Crippen molar-refractivity contribution in [1.82, 2.24) is 9.88 Å². The molecule has 0 fully saturated rings. The number of aromatic nitrogens is 1. The van der Waals surface area contributed by atoms with E-state index in [0.717, 1.165) is 42.6 Å². The lowest BCUT2D eigenvalue weighted by Crippen LogP contribution is -2.31. The summed E-state index contributed by atoms with van der Waals surface area (Å²) >= 11 is 0. The van der Waals surface area contributed by atoms with Gasteiger partial charge in [-0.1, -0.05) is 50.1 Å². The Balaban J connectivity index is 1.99. The Bertz CT molecular complexity index is 1060. The monoisotopic (exact) mass is 406 g/mol. The van der Waals surface area contributed by atoms with E-state index in [9.17, 15) is 9.59 Å². The number of rotatable bonds is 9. The molecule has 0 radical (unpaired) electrons. The van der Waals surface area contributed by atoms with Crippen LogP contribution in [0.3, 0.4) is 0 Å². The molecule has 30 heavy (non-hydrogen) atoms. The number of carbonyl (C=O) groups excluding carboxylic acids is 1. The van der Waals surface area contributed by atoms with E-state index in [-0.39, 0.29) is 22.9 Å². The maximum Gasteiger partial charge on any atom is 0.257 e. The van der Waals surface area contributed by atoms with Gasteiger partial charge in [-0.15, -0.1) is 0 Å². The van der Waals surface area contributed by atoms with Gasteiger partial charge >= 0.3 is 0 Å². The van der Waals surface area contributed by atoms with Crippen LogP contribution in [-0.2, 0) is 6.54 Å².